The van der Waals surface area contributed by atoms with E-state index in [0.29, 0.717) is 40.5 Å². The number of furan rings is 1. The first-order valence-electron chi connectivity index (χ1n) is 9.50. The summed E-state index contributed by atoms with van der Waals surface area (Å²) in [5, 5.41) is 16.9. The van der Waals surface area contributed by atoms with Crippen molar-refractivity contribution in [3.63, 3.8) is 0 Å². The van der Waals surface area contributed by atoms with Gasteiger partial charge in [0.1, 0.15) is 12.0 Å². The smallest absolute Gasteiger partial charge is 0.435 e. The second kappa shape index (κ2) is 7.55. The van der Waals surface area contributed by atoms with Crippen LogP contribution in [-0.2, 0) is 19.0 Å². The predicted octanol–water partition coefficient (Wildman–Crippen LogP) is 4.87. The average Bonchev–Trinajstić information content (AvgIpc) is 3.50. The minimum absolute atomic E-state index is 0.0548. The lowest BCUT2D eigenvalue weighted by Crippen LogP contribution is -2.12. The highest BCUT2D eigenvalue weighted by molar-refractivity contribution is 7.18. The molecule has 1 N–H and O–H groups in total. The molecule has 0 saturated carbocycles. The Labute approximate surface area is 186 Å². The van der Waals surface area contributed by atoms with Crippen molar-refractivity contribution in [3.05, 3.63) is 75.5 Å². The van der Waals surface area contributed by atoms with Crippen molar-refractivity contribution in [2.24, 2.45) is 0 Å². The summed E-state index contributed by atoms with van der Waals surface area (Å²) in [7, 11) is 0. The molecule has 168 valence electrons. The van der Waals surface area contributed by atoms with Crippen LogP contribution in [-0.4, -0.2) is 25.6 Å². The van der Waals surface area contributed by atoms with E-state index in [4.69, 9.17) is 4.42 Å². The molecule has 0 radical (unpaired) electrons. The number of nitrogens with zero attached hydrogens (tertiary/aromatic N) is 4. The first kappa shape index (κ1) is 20.9. The number of hydrogen-bond donors (Lipinski definition) is 1. The molecule has 13 heteroatoms. The second-order valence-corrected chi connectivity index (χ2v) is 8.11. The molecule has 33 heavy (non-hydrogen) atoms. The van der Waals surface area contributed by atoms with E-state index in [1.54, 1.807) is 6.07 Å². The number of hydrogen-bond acceptors (Lipinski definition) is 7. The van der Waals surface area contributed by atoms with Crippen molar-refractivity contribution in [2.75, 3.05) is 5.32 Å². The normalized spacial score (nSPS) is 12.8. The third-order valence-corrected chi connectivity index (χ3v) is 5.99. The maximum Gasteiger partial charge on any atom is 0.435 e. The molecule has 5 rings (SSSR count). The molecule has 4 aromatic rings. The van der Waals surface area contributed by atoms with Crippen LogP contribution in [0.4, 0.5) is 23.3 Å². The van der Waals surface area contributed by atoms with Crippen molar-refractivity contribution in [2.45, 2.75) is 19.0 Å². The minimum atomic E-state index is -4.62. The molecule has 9 nitrogen and oxygen atoms in total. The fourth-order valence-electron chi connectivity index (χ4n) is 3.69. The Morgan fingerprint density at radius 2 is 1.97 bits per heavy atom. The Hall–Kier alpha value is -4.00. The summed E-state index contributed by atoms with van der Waals surface area (Å²) in [6.07, 6.45) is -1.66. The van der Waals surface area contributed by atoms with Gasteiger partial charge in [0.15, 0.2) is 10.8 Å². The first-order valence-corrected chi connectivity index (χ1v) is 10.3. The van der Waals surface area contributed by atoms with Gasteiger partial charge in [0, 0.05) is 23.1 Å². The number of benzene rings is 1. The van der Waals surface area contributed by atoms with Gasteiger partial charge < -0.3 is 4.42 Å². The van der Waals surface area contributed by atoms with E-state index >= 15 is 0 Å². The third kappa shape index (κ3) is 3.65. The van der Waals surface area contributed by atoms with Gasteiger partial charge in [-0.3, -0.25) is 20.2 Å². The van der Waals surface area contributed by atoms with E-state index in [-0.39, 0.29) is 27.7 Å². The molecule has 0 aliphatic heterocycles. The molecule has 0 fully saturated rings. The number of alkyl halides is 3. The Kier molecular flexibility index (Phi) is 4.78. The maximum atomic E-state index is 13.6. The van der Waals surface area contributed by atoms with Crippen LogP contribution in [0, 0.1) is 10.1 Å². The van der Waals surface area contributed by atoms with Crippen LogP contribution in [0.2, 0.25) is 0 Å². The molecular weight excluding hydrogens is 463 g/mol. The monoisotopic (exact) mass is 475 g/mol. The standard InChI is InChI=1S/C20H12F3N5O4S/c21-20(22,23)17-13-5-6-14-12(7-8-32-14)16(13)27(26-17)11-3-1-10(2-4-11)18(29)25-19-24-9-15(33-19)28(30)31/h1-4,7-9H,5-6H2,(H,24,25,29). The van der Waals surface area contributed by atoms with Gasteiger partial charge in [-0.15, -0.1) is 0 Å². The Bertz CT molecular complexity index is 1390. The fourth-order valence-corrected chi connectivity index (χ4v) is 4.32. The predicted molar refractivity (Wildman–Crippen MR) is 110 cm³/mol. The average molecular weight is 475 g/mol. The van der Waals surface area contributed by atoms with Crippen molar-refractivity contribution in [1.29, 1.82) is 0 Å². The van der Waals surface area contributed by atoms with Gasteiger partial charge in [0.05, 0.1) is 22.6 Å². The van der Waals surface area contributed by atoms with Crippen molar-refractivity contribution < 1.29 is 27.3 Å². The Morgan fingerprint density at radius 3 is 2.64 bits per heavy atom. The van der Waals surface area contributed by atoms with Gasteiger partial charge in [0.2, 0.25) is 0 Å². The largest absolute Gasteiger partial charge is 0.469 e. The lowest BCUT2D eigenvalue weighted by atomic mass is 9.94. The van der Waals surface area contributed by atoms with E-state index in [1.807, 2.05) is 0 Å². The van der Waals surface area contributed by atoms with Crippen LogP contribution in [0.5, 0.6) is 0 Å². The zero-order valence-corrected chi connectivity index (χ0v) is 17.2. The van der Waals surface area contributed by atoms with Crippen molar-refractivity contribution in [3.8, 4) is 16.9 Å². The second-order valence-electron chi connectivity index (χ2n) is 7.10. The SMILES string of the molecule is O=C(Nc1ncc([N+](=O)[O-])s1)c1ccc(-n2nc(C(F)(F)F)c3c2-c2ccoc2CC3)cc1. The molecule has 1 aliphatic carbocycles. The summed E-state index contributed by atoms with van der Waals surface area (Å²) in [4.78, 5) is 26.3. The van der Waals surface area contributed by atoms with Gasteiger partial charge in [-0.2, -0.15) is 18.3 Å². The highest BCUT2D eigenvalue weighted by Crippen LogP contribution is 2.42. The molecule has 0 spiro atoms. The third-order valence-electron chi connectivity index (χ3n) is 5.12. The van der Waals surface area contributed by atoms with E-state index in [9.17, 15) is 28.1 Å². The van der Waals surface area contributed by atoms with Gasteiger partial charge in [-0.05, 0) is 48.1 Å². The molecule has 0 saturated heterocycles. The number of nitrogens with one attached hydrogen (secondary N) is 1. The summed E-state index contributed by atoms with van der Waals surface area (Å²) < 4.78 is 47.5. The molecule has 0 atom stereocenters. The Balaban J connectivity index is 1.48. The van der Waals surface area contributed by atoms with Crippen LogP contribution in [0.25, 0.3) is 16.9 Å². The number of halogens is 3. The number of carbonyl (C=O) groups excluding carboxylic acids is 1. The van der Waals surface area contributed by atoms with Crippen molar-refractivity contribution in [1.82, 2.24) is 14.8 Å². The molecule has 0 unspecified atom stereocenters. The number of aryl methyl sites for hydroxylation is 1. The number of thiazole rings is 1. The van der Waals surface area contributed by atoms with Gasteiger partial charge in [-0.1, -0.05) is 0 Å². The van der Waals surface area contributed by atoms with Gasteiger partial charge in [0.25, 0.3) is 5.91 Å². The molecule has 1 aliphatic rings. The molecule has 1 amide bonds. The summed E-state index contributed by atoms with van der Waals surface area (Å²) in [6.45, 7) is 0. The number of fused-ring (bicyclic) bond motifs is 3. The minimum Gasteiger partial charge on any atom is -0.469 e. The molecular formula is C20H12F3N5O4S. The summed E-state index contributed by atoms with van der Waals surface area (Å²) in [6, 6.07) is 7.41. The van der Waals surface area contributed by atoms with Crippen LogP contribution in [0.3, 0.4) is 0 Å². The first-order chi connectivity index (χ1) is 15.7. The molecule has 1 aromatic carbocycles. The lowest BCUT2D eigenvalue weighted by molar-refractivity contribution is -0.380. The summed E-state index contributed by atoms with van der Waals surface area (Å²) in [5.74, 6) is 0.0207. The quantitative estimate of drug-likeness (QED) is 0.333. The molecule has 3 aromatic heterocycles. The van der Waals surface area contributed by atoms with E-state index < -0.39 is 22.7 Å². The fraction of sp³-hybridized carbons (Fsp3) is 0.150. The van der Waals surface area contributed by atoms with Crippen LogP contribution >= 0.6 is 11.3 Å². The molecule has 0 bridgehead atoms. The molecule has 3 heterocycles. The van der Waals surface area contributed by atoms with E-state index in [0.717, 1.165) is 6.20 Å². The number of nitro groups is 1. The van der Waals surface area contributed by atoms with Crippen LogP contribution in [0.1, 0.15) is 27.4 Å². The number of rotatable bonds is 4. The number of anilines is 1. The Morgan fingerprint density at radius 1 is 1.21 bits per heavy atom. The zero-order chi connectivity index (χ0) is 23.3. The van der Waals surface area contributed by atoms with Crippen molar-refractivity contribution >= 4 is 27.4 Å². The van der Waals surface area contributed by atoms with Crippen LogP contribution < -0.4 is 5.32 Å². The topological polar surface area (TPSA) is 116 Å². The number of amides is 1. The number of carbonyl (C=O) groups is 1. The summed E-state index contributed by atoms with van der Waals surface area (Å²) >= 11 is 0.707. The lowest BCUT2D eigenvalue weighted by Gasteiger charge is -2.15. The summed E-state index contributed by atoms with van der Waals surface area (Å²) in [5.41, 5.74) is 0.533. The van der Waals surface area contributed by atoms with Crippen LogP contribution in [0.15, 0.2) is 47.2 Å². The zero-order valence-electron chi connectivity index (χ0n) is 16.4. The van der Waals surface area contributed by atoms with Gasteiger partial charge >= 0.3 is 11.2 Å². The highest BCUT2D eigenvalue weighted by Gasteiger charge is 2.41. The highest BCUT2D eigenvalue weighted by atomic mass is 32.1. The number of aromatic nitrogens is 3. The van der Waals surface area contributed by atoms with Gasteiger partial charge in [-0.25, -0.2) is 9.67 Å². The van der Waals surface area contributed by atoms with E-state index in [2.05, 4.69) is 15.4 Å². The van der Waals surface area contributed by atoms with E-state index in [1.165, 1.54) is 35.2 Å². The maximum absolute atomic E-state index is 13.6.